The monoisotopic (exact) mass is 294 g/mol. The number of hydrogen-bond acceptors (Lipinski definition) is 3. The number of aromatic nitrogens is 1. The van der Waals surface area contributed by atoms with E-state index in [-0.39, 0.29) is 21.8 Å². The van der Waals surface area contributed by atoms with Gasteiger partial charge in [-0.05, 0) is 18.2 Å². The minimum absolute atomic E-state index is 0.0377. The number of nitrogens with one attached hydrogen (secondary N) is 1. The number of aromatic carboxylic acids is 1. The minimum Gasteiger partial charge on any atom is -0.478 e. The van der Waals surface area contributed by atoms with Gasteiger partial charge in [0, 0.05) is 6.20 Å². The summed E-state index contributed by atoms with van der Waals surface area (Å²) in [7, 11) is 0. The van der Waals surface area contributed by atoms with Crippen LogP contribution in [-0.4, -0.2) is 22.0 Å². The number of carbonyl (C=O) groups excluding carboxylic acids is 1. The van der Waals surface area contributed by atoms with Crippen molar-refractivity contribution in [1.29, 1.82) is 0 Å². The number of carboxylic acids is 1. The molecule has 0 bridgehead atoms. The van der Waals surface area contributed by atoms with Crippen molar-refractivity contribution in [3.05, 3.63) is 58.6 Å². The zero-order valence-corrected chi connectivity index (χ0v) is 10.7. The highest BCUT2D eigenvalue weighted by Gasteiger charge is 2.18. The molecule has 1 aromatic carbocycles. The average molecular weight is 295 g/mol. The van der Waals surface area contributed by atoms with E-state index in [0.29, 0.717) is 0 Å². The fourth-order valence-corrected chi connectivity index (χ4v) is 1.83. The first-order chi connectivity index (χ1) is 9.50. The summed E-state index contributed by atoms with van der Waals surface area (Å²) in [5.74, 6) is -2.87. The highest BCUT2D eigenvalue weighted by atomic mass is 35.5. The first-order valence-electron chi connectivity index (χ1n) is 5.43. The highest BCUT2D eigenvalue weighted by Crippen LogP contribution is 2.21. The first kappa shape index (κ1) is 14.0. The van der Waals surface area contributed by atoms with E-state index >= 15 is 0 Å². The molecule has 1 amide bonds. The molecule has 2 rings (SSSR count). The lowest BCUT2D eigenvalue weighted by Crippen LogP contribution is -2.17. The molecule has 0 fully saturated rings. The lowest BCUT2D eigenvalue weighted by Gasteiger charge is -2.09. The van der Waals surface area contributed by atoms with Gasteiger partial charge in [-0.2, -0.15) is 0 Å². The van der Waals surface area contributed by atoms with Crippen molar-refractivity contribution < 1.29 is 19.1 Å². The Balaban J connectivity index is 2.36. The SMILES string of the molecule is O=C(O)c1ccncc1NC(=O)c1c(F)cccc1Cl. The van der Waals surface area contributed by atoms with E-state index in [1.54, 1.807) is 0 Å². The largest absolute Gasteiger partial charge is 0.478 e. The summed E-state index contributed by atoms with van der Waals surface area (Å²) in [5, 5.41) is 11.2. The van der Waals surface area contributed by atoms with Gasteiger partial charge in [0.25, 0.3) is 5.91 Å². The Hall–Kier alpha value is -2.47. The number of hydrogen-bond donors (Lipinski definition) is 2. The molecule has 0 aliphatic heterocycles. The van der Waals surface area contributed by atoms with Crippen LogP contribution in [0.25, 0.3) is 0 Å². The topological polar surface area (TPSA) is 79.3 Å². The Morgan fingerprint density at radius 1 is 1.30 bits per heavy atom. The van der Waals surface area contributed by atoms with Gasteiger partial charge in [0.05, 0.1) is 28.0 Å². The smallest absolute Gasteiger partial charge is 0.337 e. The van der Waals surface area contributed by atoms with Crippen molar-refractivity contribution in [2.45, 2.75) is 0 Å². The Labute approximate surface area is 118 Å². The van der Waals surface area contributed by atoms with Crippen molar-refractivity contribution in [2.75, 3.05) is 5.32 Å². The molecule has 0 aliphatic rings. The third kappa shape index (κ3) is 2.75. The van der Waals surface area contributed by atoms with Crippen molar-refractivity contribution in [3.8, 4) is 0 Å². The van der Waals surface area contributed by atoms with Gasteiger partial charge < -0.3 is 10.4 Å². The van der Waals surface area contributed by atoms with Crippen LogP contribution in [0.2, 0.25) is 5.02 Å². The first-order valence-corrected chi connectivity index (χ1v) is 5.81. The van der Waals surface area contributed by atoms with E-state index in [0.717, 1.165) is 12.3 Å². The molecule has 2 N–H and O–H groups in total. The number of carboxylic acid groups (broad SMARTS) is 1. The summed E-state index contributed by atoms with van der Waals surface area (Å²) in [6.07, 6.45) is 2.44. The van der Waals surface area contributed by atoms with Gasteiger partial charge in [-0.1, -0.05) is 17.7 Å². The summed E-state index contributed by atoms with van der Waals surface area (Å²) in [6, 6.07) is 5.03. The predicted molar refractivity (Wildman–Crippen MR) is 70.6 cm³/mol. The van der Waals surface area contributed by atoms with Crippen LogP contribution >= 0.6 is 11.6 Å². The van der Waals surface area contributed by atoms with E-state index in [1.165, 1.54) is 24.4 Å². The number of benzene rings is 1. The number of nitrogens with zero attached hydrogens (tertiary/aromatic N) is 1. The molecule has 1 aromatic heterocycles. The predicted octanol–water partition coefficient (Wildman–Crippen LogP) is 2.82. The molecule has 0 saturated heterocycles. The molecule has 0 unspecified atom stereocenters. The van der Waals surface area contributed by atoms with Crippen molar-refractivity contribution in [3.63, 3.8) is 0 Å². The second kappa shape index (κ2) is 5.66. The fraction of sp³-hybridized carbons (Fsp3) is 0. The Morgan fingerprint density at radius 2 is 2.05 bits per heavy atom. The molecule has 102 valence electrons. The lowest BCUT2D eigenvalue weighted by atomic mass is 10.1. The molecule has 0 atom stereocenters. The van der Waals surface area contributed by atoms with E-state index < -0.39 is 17.7 Å². The second-order valence-electron chi connectivity index (χ2n) is 3.78. The normalized spacial score (nSPS) is 10.1. The highest BCUT2D eigenvalue weighted by molar-refractivity contribution is 6.34. The third-order valence-corrected chi connectivity index (χ3v) is 2.80. The van der Waals surface area contributed by atoms with Gasteiger partial charge in [-0.15, -0.1) is 0 Å². The number of anilines is 1. The summed E-state index contributed by atoms with van der Waals surface area (Å²) >= 11 is 5.76. The molecule has 1 heterocycles. The van der Waals surface area contributed by atoms with Crippen LogP contribution in [0.1, 0.15) is 20.7 Å². The number of carbonyl (C=O) groups is 2. The zero-order chi connectivity index (χ0) is 14.7. The van der Waals surface area contributed by atoms with Gasteiger partial charge in [-0.3, -0.25) is 9.78 Å². The molecule has 0 spiro atoms. The summed E-state index contributed by atoms with van der Waals surface area (Å²) in [5.41, 5.74) is -0.542. The van der Waals surface area contributed by atoms with Crippen LogP contribution in [0.5, 0.6) is 0 Å². The molecule has 20 heavy (non-hydrogen) atoms. The van der Waals surface area contributed by atoms with Crippen molar-refractivity contribution >= 4 is 29.2 Å². The minimum atomic E-state index is -1.23. The van der Waals surface area contributed by atoms with E-state index in [2.05, 4.69) is 10.3 Å². The maximum Gasteiger partial charge on any atom is 0.337 e. The molecule has 0 radical (unpaired) electrons. The summed E-state index contributed by atoms with van der Waals surface area (Å²) < 4.78 is 13.6. The van der Waals surface area contributed by atoms with E-state index in [9.17, 15) is 14.0 Å². The number of halogens is 2. The standard InChI is InChI=1S/C13H8ClFN2O3/c14-8-2-1-3-9(15)11(8)12(18)17-10-6-16-5-4-7(10)13(19)20/h1-6H,(H,17,18)(H,19,20). The van der Waals surface area contributed by atoms with Crippen LogP contribution in [0.15, 0.2) is 36.7 Å². The zero-order valence-electron chi connectivity index (χ0n) is 9.93. The Kier molecular flexibility index (Phi) is 3.95. The number of amides is 1. The average Bonchev–Trinajstić information content (AvgIpc) is 2.38. The van der Waals surface area contributed by atoms with Crippen LogP contribution < -0.4 is 5.32 Å². The molecule has 7 heteroatoms. The number of rotatable bonds is 3. The van der Waals surface area contributed by atoms with Crippen LogP contribution in [0, 0.1) is 5.82 Å². The molecule has 0 aliphatic carbocycles. The molecule has 0 saturated carbocycles. The van der Waals surface area contributed by atoms with Gasteiger partial charge in [0.2, 0.25) is 0 Å². The summed E-state index contributed by atoms with van der Waals surface area (Å²) in [6.45, 7) is 0. The lowest BCUT2D eigenvalue weighted by molar-refractivity contribution is 0.0698. The Morgan fingerprint density at radius 3 is 2.70 bits per heavy atom. The molecule has 5 nitrogen and oxygen atoms in total. The summed E-state index contributed by atoms with van der Waals surface area (Å²) in [4.78, 5) is 26.7. The second-order valence-corrected chi connectivity index (χ2v) is 4.18. The Bertz CT molecular complexity index is 671. The van der Waals surface area contributed by atoms with Crippen LogP contribution in [-0.2, 0) is 0 Å². The van der Waals surface area contributed by atoms with Gasteiger partial charge in [0.1, 0.15) is 5.82 Å². The van der Waals surface area contributed by atoms with Gasteiger partial charge in [-0.25, -0.2) is 9.18 Å². The van der Waals surface area contributed by atoms with Crippen molar-refractivity contribution in [2.24, 2.45) is 0 Å². The number of pyridine rings is 1. The fourth-order valence-electron chi connectivity index (χ4n) is 1.58. The van der Waals surface area contributed by atoms with E-state index in [4.69, 9.17) is 16.7 Å². The maximum absolute atomic E-state index is 13.6. The third-order valence-electron chi connectivity index (χ3n) is 2.49. The molecular weight excluding hydrogens is 287 g/mol. The maximum atomic E-state index is 13.6. The van der Waals surface area contributed by atoms with Gasteiger partial charge >= 0.3 is 5.97 Å². The van der Waals surface area contributed by atoms with Gasteiger partial charge in [0.15, 0.2) is 0 Å². The van der Waals surface area contributed by atoms with Crippen molar-refractivity contribution in [1.82, 2.24) is 4.98 Å². The quantitative estimate of drug-likeness (QED) is 0.912. The van der Waals surface area contributed by atoms with Crippen LogP contribution in [0.4, 0.5) is 10.1 Å². The molecular formula is C13H8ClFN2O3. The van der Waals surface area contributed by atoms with E-state index in [1.807, 2.05) is 0 Å². The molecule has 2 aromatic rings. The van der Waals surface area contributed by atoms with Crippen LogP contribution in [0.3, 0.4) is 0 Å².